The van der Waals surface area contributed by atoms with E-state index in [9.17, 15) is 9.59 Å². The Morgan fingerprint density at radius 1 is 1.54 bits per heavy atom. The fourth-order valence-electron chi connectivity index (χ4n) is 1.04. The summed E-state index contributed by atoms with van der Waals surface area (Å²) in [5, 5.41) is 0. The van der Waals surface area contributed by atoms with Crippen LogP contribution in [0.25, 0.3) is 0 Å². The van der Waals surface area contributed by atoms with Crippen molar-refractivity contribution >= 4 is 12.3 Å². The molecule has 70 valence electrons. The van der Waals surface area contributed by atoms with E-state index in [1.165, 1.54) is 7.11 Å². The molecule has 13 heavy (non-hydrogen) atoms. The van der Waals surface area contributed by atoms with Gasteiger partial charge in [0.25, 0.3) is 0 Å². The lowest BCUT2D eigenvalue weighted by molar-refractivity contribution is -0.133. The molecule has 4 heteroatoms. The Labute approximate surface area is 75.8 Å². The number of cyclic esters (lactones) is 1. The number of allylic oxidation sites excluding steroid dienone is 1. The van der Waals surface area contributed by atoms with Gasteiger partial charge in [-0.3, -0.25) is 4.79 Å². The van der Waals surface area contributed by atoms with Gasteiger partial charge in [-0.05, 0) is 13.8 Å². The van der Waals surface area contributed by atoms with E-state index in [-0.39, 0.29) is 5.76 Å². The van der Waals surface area contributed by atoms with Crippen LogP contribution in [-0.2, 0) is 19.1 Å². The van der Waals surface area contributed by atoms with E-state index in [0.29, 0.717) is 23.2 Å². The van der Waals surface area contributed by atoms with Crippen LogP contribution in [0.1, 0.15) is 13.8 Å². The van der Waals surface area contributed by atoms with Crippen molar-refractivity contribution in [2.45, 2.75) is 13.8 Å². The van der Waals surface area contributed by atoms with E-state index in [1.807, 2.05) is 0 Å². The first-order valence-electron chi connectivity index (χ1n) is 3.75. The van der Waals surface area contributed by atoms with Gasteiger partial charge in [-0.1, -0.05) is 0 Å². The average Bonchev–Trinajstić information content (AvgIpc) is 2.42. The van der Waals surface area contributed by atoms with Crippen LogP contribution >= 0.6 is 0 Å². The molecular formula is C9H10O4. The van der Waals surface area contributed by atoms with Gasteiger partial charge in [0.15, 0.2) is 11.5 Å². The number of hydrogen-bond donors (Lipinski definition) is 0. The summed E-state index contributed by atoms with van der Waals surface area (Å²) in [7, 11) is 1.43. The van der Waals surface area contributed by atoms with Gasteiger partial charge in [-0.25, -0.2) is 4.79 Å². The van der Waals surface area contributed by atoms with Crippen molar-refractivity contribution in [2.75, 3.05) is 7.11 Å². The molecule has 0 saturated heterocycles. The lowest BCUT2D eigenvalue weighted by Crippen LogP contribution is -1.97. The van der Waals surface area contributed by atoms with Crippen LogP contribution in [0, 0.1) is 0 Å². The van der Waals surface area contributed by atoms with E-state index < -0.39 is 5.97 Å². The first kappa shape index (κ1) is 9.51. The summed E-state index contributed by atoms with van der Waals surface area (Å²) in [6.07, 6.45) is 0.625. The predicted octanol–water partition coefficient (Wildman–Crippen LogP) is 0.936. The van der Waals surface area contributed by atoms with E-state index in [2.05, 4.69) is 0 Å². The van der Waals surface area contributed by atoms with Crippen molar-refractivity contribution < 1.29 is 19.1 Å². The topological polar surface area (TPSA) is 52.6 Å². The van der Waals surface area contributed by atoms with Gasteiger partial charge in [0.2, 0.25) is 0 Å². The standard InChI is InChI=1S/C9H10O4/c1-5(4-10)7-8(12-3)6(2)9(11)13-7/h4H,1-3H3/b7-5+. The third-order valence-electron chi connectivity index (χ3n) is 1.79. The van der Waals surface area contributed by atoms with Gasteiger partial charge < -0.3 is 9.47 Å². The Kier molecular flexibility index (Phi) is 2.51. The highest BCUT2D eigenvalue weighted by atomic mass is 16.6. The smallest absolute Gasteiger partial charge is 0.343 e. The van der Waals surface area contributed by atoms with Crippen molar-refractivity contribution in [3.8, 4) is 0 Å². The summed E-state index contributed by atoms with van der Waals surface area (Å²) >= 11 is 0. The molecule has 0 saturated carbocycles. The third-order valence-corrected chi connectivity index (χ3v) is 1.79. The molecule has 1 aliphatic heterocycles. The maximum absolute atomic E-state index is 11.1. The summed E-state index contributed by atoms with van der Waals surface area (Å²) in [6.45, 7) is 3.15. The number of rotatable bonds is 2. The first-order chi connectivity index (χ1) is 6.11. The minimum absolute atomic E-state index is 0.222. The minimum atomic E-state index is -0.465. The summed E-state index contributed by atoms with van der Waals surface area (Å²) in [4.78, 5) is 21.5. The van der Waals surface area contributed by atoms with Crippen LogP contribution in [0.5, 0.6) is 0 Å². The van der Waals surface area contributed by atoms with Crippen molar-refractivity contribution in [1.82, 2.24) is 0 Å². The van der Waals surface area contributed by atoms with E-state index in [4.69, 9.17) is 9.47 Å². The molecule has 0 aromatic carbocycles. The lowest BCUT2D eigenvalue weighted by atomic mass is 10.2. The summed E-state index contributed by atoms with van der Waals surface area (Å²) < 4.78 is 9.79. The van der Waals surface area contributed by atoms with E-state index in [1.54, 1.807) is 13.8 Å². The number of ether oxygens (including phenoxy) is 2. The second-order valence-electron chi connectivity index (χ2n) is 2.68. The second-order valence-corrected chi connectivity index (χ2v) is 2.68. The Morgan fingerprint density at radius 2 is 2.15 bits per heavy atom. The molecule has 0 radical (unpaired) electrons. The van der Waals surface area contributed by atoms with Crippen LogP contribution < -0.4 is 0 Å². The van der Waals surface area contributed by atoms with E-state index in [0.717, 1.165) is 0 Å². The van der Waals surface area contributed by atoms with Crippen molar-refractivity contribution in [3.05, 3.63) is 22.7 Å². The highest BCUT2D eigenvalue weighted by Crippen LogP contribution is 2.27. The molecule has 0 aromatic heterocycles. The second kappa shape index (κ2) is 3.43. The van der Waals surface area contributed by atoms with Gasteiger partial charge in [0.1, 0.15) is 6.29 Å². The molecule has 0 bridgehead atoms. The van der Waals surface area contributed by atoms with Crippen LogP contribution in [0.3, 0.4) is 0 Å². The number of carbonyl (C=O) groups is 2. The molecular weight excluding hydrogens is 172 g/mol. The molecule has 0 atom stereocenters. The number of methoxy groups -OCH3 is 1. The summed E-state index contributed by atoms with van der Waals surface area (Å²) in [5.74, 6) is 0.0997. The molecule has 0 spiro atoms. The highest BCUT2D eigenvalue weighted by Gasteiger charge is 2.29. The Balaban J connectivity index is 3.21. The molecule has 0 aromatic rings. The third kappa shape index (κ3) is 1.47. The van der Waals surface area contributed by atoms with Crippen LogP contribution in [0.15, 0.2) is 22.7 Å². The number of aldehydes is 1. The molecule has 1 rings (SSSR count). The number of carbonyl (C=O) groups excluding carboxylic acids is 2. The quantitative estimate of drug-likeness (QED) is 0.362. The fraction of sp³-hybridized carbons (Fsp3) is 0.333. The zero-order chi connectivity index (χ0) is 10.0. The molecule has 0 amide bonds. The van der Waals surface area contributed by atoms with Gasteiger partial charge in [0.05, 0.1) is 12.7 Å². The largest absolute Gasteiger partial charge is 0.492 e. The van der Waals surface area contributed by atoms with Gasteiger partial charge in [-0.15, -0.1) is 0 Å². The highest BCUT2D eigenvalue weighted by molar-refractivity contribution is 5.94. The van der Waals surface area contributed by atoms with Crippen molar-refractivity contribution in [1.29, 1.82) is 0 Å². The Morgan fingerprint density at radius 3 is 2.62 bits per heavy atom. The molecule has 0 N–H and O–H groups in total. The number of hydrogen-bond acceptors (Lipinski definition) is 4. The molecule has 1 aliphatic rings. The fourth-order valence-corrected chi connectivity index (χ4v) is 1.04. The summed E-state index contributed by atoms with van der Waals surface area (Å²) in [5.41, 5.74) is 0.737. The normalized spacial score (nSPS) is 20.1. The minimum Gasteiger partial charge on any atom is -0.492 e. The molecule has 4 nitrogen and oxygen atoms in total. The zero-order valence-corrected chi connectivity index (χ0v) is 7.71. The van der Waals surface area contributed by atoms with E-state index >= 15 is 0 Å². The summed E-state index contributed by atoms with van der Waals surface area (Å²) in [6, 6.07) is 0. The lowest BCUT2D eigenvalue weighted by Gasteiger charge is -2.03. The van der Waals surface area contributed by atoms with Gasteiger partial charge >= 0.3 is 5.97 Å². The molecule has 0 unspecified atom stereocenters. The first-order valence-corrected chi connectivity index (χ1v) is 3.75. The Bertz CT molecular complexity index is 323. The van der Waals surface area contributed by atoms with Crippen LogP contribution in [0.2, 0.25) is 0 Å². The maximum atomic E-state index is 11.1. The van der Waals surface area contributed by atoms with Crippen molar-refractivity contribution in [2.24, 2.45) is 0 Å². The SMILES string of the molecule is COC1=C(C)C(=O)O/C1=C(\C)C=O. The van der Waals surface area contributed by atoms with Crippen LogP contribution in [-0.4, -0.2) is 19.4 Å². The predicted molar refractivity (Wildman–Crippen MR) is 44.6 cm³/mol. The van der Waals surface area contributed by atoms with Gasteiger partial charge in [0, 0.05) is 5.57 Å². The monoisotopic (exact) mass is 182 g/mol. The molecule has 0 fully saturated rings. The maximum Gasteiger partial charge on any atom is 0.343 e. The zero-order valence-electron chi connectivity index (χ0n) is 7.71. The van der Waals surface area contributed by atoms with Crippen molar-refractivity contribution in [3.63, 3.8) is 0 Å². The molecule has 0 aliphatic carbocycles. The Hall–Kier alpha value is -1.58. The molecule has 1 heterocycles. The van der Waals surface area contributed by atoms with Gasteiger partial charge in [-0.2, -0.15) is 0 Å². The van der Waals surface area contributed by atoms with Crippen LogP contribution in [0.4, 0.5) is 0 Å². The number of esters is 1. The average molecular weight is 182 g/mol.